The van der Waals surface area contributed by atoms with Gasteiger partial charge in [0, 0.05) is 31.3 Å². The molecule has 1 atom stereocenters. The normalized spacial score (nSPS) is 12.0. The summed E-state index contributed by atoms with van der Waals surface area (Å²) in [4.78, 5) is 13.4. The Hall–Kier alpha value is -1.75. The van der Waals surface area contributed by atoms with Crippen LogP contribution in [0.15, 0.2) is 18.2 Å². The van der Waals surface area contributed by atoms with Gasteiger partial charge >= 0.3 is 5.97 Å². The van der Waals surface area contributed by atoms with Crippen molar-refractivity contribution in [2.24, 2.45) is 5.73 Å². The van der Waals surface area contributed by atoms with Crippen molar-refractivity contribution in [2.75, 3.05) is 25.1 Å². The average molecular weight is 266 g/mol. The standard InChI is InChI=1S/C14H22N2O3/c1-4-16(5-2)11-7-6-10(13(17)9-11)8-12(15)14(18)19-3/h6-7,9,12,17H,4-5,8,15H2,1-3H3. The molecule has 5 heteroatoms. The third-order valence-corrected chi connectivity index (χ3v) is 3.14. The molecule has 1 rings (SSSR count). The Morgan fingerprint density at radius 2 is 2.05 bits per heavy atom. The van der Waals surface area contributed by atoms with Crippen molar-refractivity contribution >= 4 is 11.7 Å². The van der Waals surface area contributed by atoms with Gasteiger partial charge in [-0.25, -0.2) is 0 Å². The first-order valence-corrected chi connectivity index (χ1v) is 6.43. The zero-order chi connectivity index (χ0) is 14.4. The quantitative estimate of drug-likeness (QED) is 0.759. The number of anilines is 1. The van der Waals surface area contributed by atoms with Gasteiger partial charge in [-0.3, -0.25) is 4.79 Å². The minimum absolute atomic E-state index is 0.156. The number of aromatic hydroxyl groups is 1. The van der Waals surface area contributed by atoms with Crippen molar-refractivity contribution in [2.45, 2.75) is 26.3 Å². The number of rotatable bonds is 6. The molecule has 0 heterocycles. The van der Waals surface area contributed by atoms with E-state index < -0.39 is 12.0 Å². The Bertz CT molecular complexity index is 431. The lowest BCUT2D eigenvalue weighted by molar-refractivity contribution is -0.142. The minimum atomic E-state index is -0.754. The van der Waals surface area contributed by atoms with E-state index in [-0.39, 0.29) is 12.2 Å². The fourth-order valence-corrected chi connectivity index (χ4v) is 1.98. The maximum absolute atomic E-state index is 11.3. The van der Waals surface area contributed by atoms with E-state index in [4.69, 9.17) is 5.73 Å². The summed E-state index contributed by atoms with van der Waals surface area (Å²) < 4.78 is 4.57. The Kier molecular flexibility index (Phi) is 5.63. The van der Waals surface area contributed by atoms with Crippen LogP contribution in [0, 0.1) is 0 Å². The van der Waals surface area contributed by atoms with Gasteiger partial charge in [0.25, 0.3) is 0 Å². The summed E-state index contributed by atoms with van der Waals surface area (Å²) in [7, 11) is 1.30. The molecule has 0 radical (unpaired) electrons. The average Bonchev–Trinajstić information content (AvgIpc) is 2.42. The lowest BCUT2D eigenvalue weighted by atomic mass is 10.0. The number of phenolic OH excluding ortho intramolecular Hbond substituents is 1. The highest BCUT2D eigenvalue weighted by molar-refractivity contribution is 5.76. The molecule has 106 valence electrons. The lowest BCUT2D eigenvalue weighted by Gasteiger charge is -2.22. The molecule has 0 aliphatic carbocycles. The van der Waals surface area contributed by atoms with E-state index in [1.54, 1.807) is 12.1 Å². The summed E-state index contributed by atoms with van der Waals surface area (Å²) in [6.07, 6.45) is 0.261. The van der Waals surface area contributed by atoms with E-state index in [2.05, 4.69) is 23.5 Å². The third-order valence-electron chi connectivity index (χ3n) is 3.14. The van der Waals surface area contributed by atoms with Gasteiger partial charge in [0.05, 0.1) is 7.11 Å². The molecule has 19 heavy (non-hydrogen) atoms. The molecule has 5 nitrogen and oxygen atoms in total. The molecule has 0 aromatic heterocycles. The summed E-state index contributed by atoms with van der Waals surface area (Å²) in [5.74, 6) is -0.323. The summed E-state index contributed by atoms with van der Waals surface area (Å²) >= 11 is 0. The number of carbonyl (C=O) groups excluding carboxylic acids is 1. The molecule has 0 saturated carbocycles. The van der Waals surface area contributed by atoms with Crippen molar-refractivity contribution in [1.82, 2.24) is 0 Å². The monoisotopic (exact) mass is 266 g/mol. The first-order chi connectivity index (χ1) is 9.03. The van der Waals surface area contributed by atoms with Crippen LogP contribution in [0.4, 0.5) is 5.69 Å². The number of nitrogens with two attached hydrogens (primary N) is 1. The number of nitrogens with zero attached hydrogens (tertiary/aromatic N) is 1. The van der Waals surface area contributed by atoms with Gasteiger partial charge in [-0.2, -0.15) is 0 Å². The maximum atomic E-state index is 11.3. The fraction of sp³-hybridized carbons (Fsp3) is 0.500. The molecule has 0 bridgehead atoms. The lowest BCUT2D eigenvalue weighted by Crippen LogP contribution is -2.33. The van der Waals surface area contributed by atoms with Crippen LogP contribution in [-0.2, 0) is 16.0 Å². The number of carbonyl (C=O) groups is 1. The first kappa shape index (κ1) is 15.3. The molecule has 0 amide bonds. The number of benzene rings is 1. The van der Waals surface area contributed by atoms with Crippen LogP contribution in [0.2, 0.25) is 0 Å². The van der Waals surface area contributed by atoms with Crippen LogP contribution in [0.25, 0.3) is 0 Å². The largest absolute Gasteiger partial charge is 0.508 e. The van der Waals surface area contributed by atoms with Crippen LogP contribution in [0.3, 0.4) is 0 Å². The second-order valence-electron chi connectivity index (χ2n) is 4.32. The highest BCUT2D eigenvalue weighted by atomic mass is 16.5. The van der Waals surface area contributed by atoms with Crippen molar-refractivity contribution in [3.8, 4) is 5.75 Å². The highest BCUT2D eigenvalue weighted by Gasteiger charge is 2.16. The van der Waals surface area contributed by atoms with Gasteiger partial charge in [0.2, 0.25) is 0 Å². The van der Waals surface area contributed by atoms with Crippen molar-refractivity contribution in [1.29, 1.82) is 0 Å². The minimum Gasteiger partial charge on any atom is -0.508 e. The van der Waals surface area contributed by atoms with E-state index in [1.807, 2.05) is 6.07 Å². The van der Waals surface area contributed by atoms with Crippen LogP contribution >= 0.6 is 0 Å². The Morgan fingerprint density at radius 1 is 1.42 bits per heavy atom. The predicted octanol–water partition coefficient (Wildman–Crippen LogP) is 1.28. The topological polar surface area (TPSA) is 75.8 Å². The number of hydrogen-bond acceptors (Lipinski definition) is 5. The van der Waals surface area contributed by atoms with E-state index in [0.717, 1.165) is 18.8 Å². The molecule has 0 spiro atoms. The van der Waals surface area contributed by atoms with Gasteiger partial charge in [0.1, 0.15) is 11.8 Å². The first-order valence-electron chi connectivity index (χ1n) is 6.43. The molecule has 0 fully saturated rings. The number of hydrogen-bond donors (Lipinski definition) is 2. The smallest absolute Gasteiger partial charge is 0.322 e. The molecular weight excluding hydrogens is 244 g/mol. The van der Waals surface area contributed by atoms with Gasteiger partial charge in [-0.15, -0.1) is 0 Å². The van der Waals surface area contributed by atoms with Crippen LogP contribution in [-0.4, -0.2) is 37.3 Å². The van der Waals surface area contributed by atoms with E-state index in [0.29, 0.717) is 5.56 Å². The third kappa shape index (κ3) is 3.86. The summed E-state index contributed by atoms with van der Waals surface area (Å²) in [5, 5.41) is 10.0. The van der Waals surface area contributed by atoms with E-state index in [9.17, 15) is 9.90 Å². The molecule has 0 aliphatic heterocycles. The van der Waals surface area contributed by atoms with Gasteiger partial charge in [-0.1, -0.05) is 6.07 Å². The second kappa shape index (κ2) is 6.99. The molecular formula is C14H22N2O3. The Morgan fingerprint density at radius 3 is 2.53 bits per heavy atom. The highest BCUT2D eigenvalue weighted by Crippen LogP contribution is 2.25. The van der Waals surface area contributed by atoms with E-state index in [1.165, 1.54) is 7.11 Å². The van der Waals surface area contributed by atoms with Crippen molar-refractivity contribution in [3.63, 3.8) is 0 Å². The van der Waals surface area contributed by atoms with Crippen LogP contribution < -0.4 is 10.6 Å². The fourth-order valence-electron chi connectivity index (χ4n) is 1.98. The molecule has 3 N–H and O–H groups in total. The summed E-state index contributed by atoms with van der Waals surface area (Å²) in [6, 6.07) is 4.67. The van der Waals surface area contributed by atoms with E-state index >= 15 is 0 Å². The van der Waals surface area contributed by atoms with Crippen LogP contribution in [0.1, 0.15) is 19.4 Å². The molecule has 0 aliphatic rings. The van der Waals surface area contributed by atoms with Crippen molar-refractivity contribution in [3.05, 3.63) is 23.8 Å². The molecule has 1 aromatic carbocycles. The maximum Gasteiger partial charge on any atom is 0.322 e. The molecule has 1 unspecified atom stereocenters. The number of methoxy groups -OCH3 is 1. The number of phenols is 1. The summed E-state index contributed by atoms with van der Waals surface area (Å²) in [6.45, 7) is 5.86. The Balaban J connectivity index is 2.85. The zero-order valence-corrected chi connectivity index (χ0v) is 11.7. The van der Waals surface area contributed by atoms with Gasteiger partial charge < -0.3 is 20.5 Å². The Labute approximate surface area is 114 Å². The number of esters is 1. The summed E-state index contributed by atoms with van der Waals surface area (Å²) in [5.41, 5.74) is 7.29. The second-order valence-corrected chi connectivity index (χ2v) is 4.32. The molecule has 1 aromatic rings. The van der Waals surface area contributed by atoms with Crippen molar-refractivity contribution < 1.29 is 14.6 Å². The van der Waals surface area contributed by atoms with Gasteiger partial charge in [0.15, 0.2) is 0 Å². The molecule has 0 saturated heterocycles. The number of ether oxygens (including phenoxy) is 1. The van der Waals surface area contributed by atoms with Crippen LogP contribution in [0.5, 0.6) is 5.75 Å². The van der Waals surface area contributed by atoms with Gasteiger partial charge in [-0.05, 0) is 25.5 Å². The zero-order valence-electron chi connectivity index (χ0n) is 11.7. The SMILES string of the molecule is CCN(CC)c1ccc(CC(N)C(=O)OC)c(O)c1. The predicted molar refractivity (Wildman–Crippen MR) is 75.4 cm³/mol.